The summed E-state index contributed by atoms with van der Waals surface area (Å²) in [6.45, 7) is -0.540. The van der Waals surface area contributed by atoms with Crippen LogP contribution < -0.4 is 5.32 Å². The summed E-state index contributed by atoms with van der Waals surface area (Å²) in [7, 11) is 0. The van der Waals surface area contributed by atoms with Gasteiger partial charge in [0.25, 0.3) is 5.91 Å². The largest absolute Gasteiger partial charge is 0.455 e. The average Bonchev–Trinajstić information content (AvgIpc) is 3.31. The Bertz CT molecular complexity index is 951. The number of esters is 1. The normalized spacial score (nSPS) is 11.2. The third-order valence-corrected chi connectivity index (χ3v) is 5.40. The van der Waals surface area contributed by atoms with Gasteiger partial charge in [0, 0.05) is 11.1 Å². The molecule has 0 fully saturated rings. The molecule has 3 aromatic rings. The van der Waals surface area contributed by atoms with Crippen molar-refractivity contribution in [1.82, 2.24) is 4.98 Å². The van der Waals surface area contributed by atoms with Crippen molar-refractivity contribution in [3.63, 3.8) is 0 Å². The Labute approximate surface area is 165 Å². The van der Waals surface area contributed by atoms with Crippen LogP contribution in [-0.4, -0.2) is 23.5 Å². The number of anilines is 1. The SMILES string of the molecule is O=C(COC(=O)Cc1csc(-c2cccs2)n1)Nc1ccc(C(F)(F)F)cc1. The highest BCUT2D eigenvalue weighted by atomic mass is 32.1. The first kappa shape index (κ1) is 20.0. The van der Waals surface area contributed by atoms with E-state index in [9.17, 15) is 22.8 Å². The van der Waals surface area contributed by atoms with Crippen LogP contribution in [0.4, 0.5) is 18.9 Å². The van der Waals surface area contributed by atoms with E-state index in [0.717, 1.165) is 34.2 Å². The van der Waals surface area contributed by atoms with E-state index in [1.54, 1.807) is 16.7 Å². The minimum atomic E-state index is -4.45. The molecule has 28 heavy (non-hydrogen) atoms. The first-order chi connectivity index (χ1) is 13.3. The Balaban J connectivity index is 1.46. The fraction of sp³-hybridized carbons (Fsp3) is 0.167. The van der Waals surface area contributed by atoms with Crippen molar-refractivity contribution in [3.8, 4) is 9.88 Å². The molecule has 1 amide bonds. The van der Waals surface area contributed by atoms with E-state index >= 15 is 0 Å². The number of nitrogens with one attached hydrogen (secondary N) is 1. The van der Waals surface area contributed by atoms with Crippen LogP contribution in [0.2, 0.25) is 0 Å². The van der Waals surface area contributed by atoms with Gasteiger partial charge in [0.05, 0.1) is 22.6 Å². The number of thiazole rings is 1. The summed E-state index contributed by atoms with van der Waals surface area (Å²) in [6, 6.07) is 7.81. The minimum Gasteiger partial charge on any atom is -0.455 e. The van der Waals surface area contributed by atoms with Crippen molar-refractivity contribution in [1.29, 1.82) is 0 Å². The topological polar surface area (TPSA) is 68.3 Å². The molecular weight excluding hydrogens is 413 g/mol. The number of thiophene rings is 1. The Hall–Kier alpha value is -2.72. The number of ether oxygens (including phenoxy) is 1. The summed E-state index contributed by atoms with van der Waals surface area (Å²) in [6.07, 6.45) is -4.52. The Kier molecular flexibility index (Phi) is 6.10. The van der Waals surface area contributed by atoms with Crippen molar-refractivity contribution in [2.75, 3.05) is 11.9 Å². The standard InChI is InChI=1S/C18H13F3N2O3S2/c19-18(20,21)11-3-5-12(6-4-11)22-15(24)9-26-16(25)8-13-10-28-17(23-13)14-2-1-7-27-14/h1-7,10H,8-9H2,(H,22,24). The molecule has 2 aromatic heterocycles. The molecule has 0 saturated carbocycles. The maximum absolute atomic E-state index is 12.5. The first-order valence-electron chi connectivity index (χ1n) is 7.92. The molecule has 10 heteroatoms. The first-order valence-corrected chi connectivity index (χ1v) is 9.68. The zero-order chi connectivity index (χ0) is 20.1. The van der Waals surface area contributed by atoms with Crippen molar-refractivity contribution in [3.05, 3.63) is 58.4 Å². The summed E-state index contributed by atoms with van der Waals surface area (Å²) in [5, 5.41) is 6.85. The number of amides is 1. The number of alkyl halides is 3. The highest BCUT2D eigenvalue weighted by molar-refractivity contribution is 7.20. The van der Waals surface area contributed by atoms with Gasteiger partial charge in [0.1, 0.15) is 5.01 Å². The summed E-state index contributed by atoms with van der Waals surface area (Å²) in [5.74, 6) is -1.27. The van der Waals surface area contributed by atoms with Gasteiger partial charge < -0.3 is 10.1 Å². The number of aromatic nitrogens is 1. The van der Waals surface area contributed by atoms with Gasteiger partial charge in [-0.3, -0.25) is 9.59 Å². The number of halogens is 3. The van der Waals surface area contributed by atoms with E-state index in [4.69, 9.17) is 4.74 Å². The summed E-state index contributed by atoms with van der Waals surface area (Å²) < 4.78 is 42.4. The van der Waals surface area contributed by atoms with Gasteiger partial charge in [-0.25, -0.2) is 4.98 Å². The Morgan fingerprint density at radius 1 is 1.11 bits per heavy atom. The van der Waals surface area contributed by atoms with Gasteiger partial charge in [0.2, 0.25) is 0 Å². The molecule has 0 radical (unpaired) electrons. The van der Waals surface area contributed by atoms with Crippen LogP contribution in [0.25, 0.3) is 9.88 Å². The predicted molar refractivity (Wildman–Crippen MR) is 100 cm³/mol. The monoisotopic (exact) mass is 426 g/mol. The maximum Gasteiger partial charge on any atom is 0.416 e. The van der Waals surface area contributed by atoms with Crippen LogP contribution in [0.3, 0.4) is 0 Å². The minimum absolute atomic E-state index is 0.0740. The molecule has 0 saturated heterocycles. The lowest BCUT2D eigenvalue weighted by Crippen LogP contribution is -2.21. The summed E-state index contributed by atoms with van der Waals surface area (Å²) in [4.78, 5) is 29.0. The van der Waals surface area contributed by atoms with Crippen molar-refractivity contribution < 1.29 is 27.5 Å². The molecular formula is C18H13F3N2O3S2. The van der Waals surface area contributed by atoms with Gasteiger partial charge >= 0.3 is 12.1 Å². The Morgan fingerprint density at radius 2 is 1.86 bits per heavy atom. The molecule has 1 aromatic carbocycles. The lowest BCUT2D eigenvalue weighted by molar-refractivity contribution is -0.146. The van der Waals surface area contributed by atoms with Gasteiger partial charge in [-0.05, 0) is 35.7 Å². The summed E-state index contributed by atoms with van der Waals surface area (Å²) in [5.41, 5.74) is -0.0993. The molecule has 0 atom stereocenters. The third kappa shape index (κ3) is 5.40. The van der Waals surface area contributed by atoms with Crippen LogP contribution in [0, 0.1) is 0 Å². The molecule has 0 aliphatic carbocycles. The zero-order valence-corrected chi connectivity index (χ0v) is 15.8. The predicted octanol–water partition coefficient (Wildman–Crippen LogP) is 4.61. The number of benzene rings is 1. The number of nitrogens with zero attached hydrogens (tertiary/aromatic N) is 1. The number of hydrogen-bond donors (Lipinski definition) is 1. The zero-order valence-electron chi connectivity index (χ0n) is 14.2. The molecule has 146 valence electrons. The second-order valence-electron chi connectivity index (χ2n) is 5.58. The second-order valence-corrected chi connectivity index (χ2v) is 7.39. The molecule has 0 bridgehead atoms. The number of hydrogen-bond acceptors (Lipinski definition) is 6. The van der Waals surface area contributed by atoms with Crippen LogP contribution in [0.15, 0.2) is 47.2 Å². The second kappa shape index (κ2) is 8.53. The molecule has 0 spiro atoms. The van der Waals surface area contributed by atoms with Crippen LogP contribution in [0.5, 0.6) is 0 Å². The van der Waals surface area contributed by atoms with E-state index in [1.165, 1.54) is 11.3 Å². The molecule has 3 rings (SSSR count). The molecule has 0 aliphatic rings. The smallest absolute Gasteiger partial charge is 0.416 e. The summed E-state index contributed by atoms with van der Waals surface area (Å²) >= 11 is 2.95. The molecule has 1 N–H and O–H groups in total. The van der Waals surface area contributed by atoms with E-state index in [1.807, 2.05) is 17.5 Å². The van der Waals surface area contributed by atoms with Crippen molar-refractivity contribution in [2.24, 2.45) is 0 Å². The van der Waals surface area contributed by atoms with E-state index in [-0.39, 0.29) is 12.1 Å². The lowest BCUT2D eigenvalue weighted by atomic mass is 10.2. The Morgan fingerprint density at radius 3 is 2.50 bits per heavy atom. The van der Waals surface area contributed by atoms with Gasteiger partial charge in [-0.15, -0.1) is 22.7 Å². The third-order valence-electron chi connectivity index (χ3n) is 3.47. The highest BCUT2D eigenvalue weighted by Crippen LogP contribution is 2.30. The lowest BCUT2D eigenvalue weighted by Gasteiger charge is -2.09. The van der Waals surface area contributed by atoms with Crippen LogP contribution in [0.1, 0.15) is 11.3 Å². The molecule has 0 unspecified atom stereocenters. The number of carbonyl (C=O) groups is 2. The fourth-order valence-electron chi connectivity index (χ4n) is 2.19. The van der Waals surface area contributed by atoms with E-state index in [0.29, 0.717) is 5.69 Å². The molecule has 0 aliphatic heterocycles. The molecule has 5 nitrogen and oxygen atoms in total. The average molecular weight is 426 g/mol. The van der Waals surface area contributed by atoms with Crippen LogP contribution >= 0.6 is 22.7 Å². The van der Waals surface area contributed by atoms with E-state index in [2.05, 4.69) is 10.3 Å². The quantitative estimate of drug-likeness (QED) is 0.585. The fourth-order valence-corrected chi connectivity index (χ4v) is 3.82. The van der Waals surface area contributed by atoms with Gasteiger partial charge in [0.15, 0.2) is 6.61 Å². The van der Waals surface area contributed by atoms with Gasteiger partial charge in [-0.2, -0.15) is 13.2 Å². The maximum atomic E-state index is 12.5. The number of carbonyl (C=O) groups excluding carboxylic acids is 2. The number of rotatable bonds is 6. The molecule has 2 heterocycles. The van der Waals surface area contributed by atoms with Crippen molar-refractivity contribution in [2.45, 2.75) is 12.6 Å². The van der Waals surface area contributed by atoms with Crippen LogP contribution in [-0.2, 0) is 26.9 Å². The van der Waals surface area contributed by atoms with E-state index < -0.39 is 30.2 Å². The highest BCUT2D eigenvalue weighted by Gasteiger charge is 2.30. The van der Waals surface area contributed by atoms with Crippen molar-refractivity contribution >= 4 is 40.2 Å². The van der Waals surface area contributed by atoms with Gasteiger partial charge in [-0.1, -0.05) is 6.07 Å².